The molecule has 4 N–H and O–H groups in total. The molecule has 2 aromatic carbocycles. The van der Waals surface area contributed by atoms with Crippen molar-refractivity contribution in [2.75, 3.05) is 13.2 Å². The first kappa shape index (κ1) is 28.8. The van der Waals surface area contributed by atoms with E-state index in [0.717, 1.165) is 54.0 Å². The number of carbonyl (C=O) groups excluding carboxylic acids is 2. The van der Waals surface area contributed by atoms with Crippen LogP contribution in [0.1, 0.15) is 50.2 Å². The number of H-pyrrole nitrogens is 1. The van der Waals surface area contributed by atoms with E-state index in [9.17, 15) is 14.4 Å². The Morgan fingerprint density at radius 2 is 1.65 bits per heavy atom. The zero-order chi connectivity index (χ0) is 30.0. The number of nitrogens with one attached hydrogen (secondary N) is 3. The number of amides is 2. The number of carboxylic acids is 1. The fraction of sp³-hybridized carbons (Fsp3) is 0.455. The van der Waals surface area contributed by atoms with Crippen LogP contribution in [-0.4, -0.2) is 58.6 Å². The average Bonchev–Trinajstić information content (AvgIpc) is 3.38. The lowest BCUT2D eigenvalue weighted by Gasteiger charge is -2.53. The molecule has 4 bridgehead atoms. The maximum absolute atomic E-state index is 13.9. The summed E-state index contributed by atoms with van der Waals surface area (Å²) in [7, 11) is 0. The van der Waals surface area contributed by atoms with Gasteiger partial charge in [0.25, 0.3) is 0 Å². The molecule has 0 spiro atoms. The lowest BCUT2D eigenvalue weighted by Crippen LogP contribution is -2.60. The van der Waals surface area contributed by atoms with Crippen LogP contribution in [0.3, 0.4) is 0 Å². The number of oxime groups is 1. The fourth-order valence-electron chi connectivity index (χ4n) is 7.63. The number of alkyl carbamates (subject to hydrolysis) is 1. The quantitative estimate of drug-likeness (QED) is 0.191. The van der Waals surface area contributed by atoms with Crippen LogP contribution in [0, 0.1) is 23.7 Å². The molecule has 4 saturated carbocycles. The van der Waals surface area contributed by atoms with Crippen LogP contribution in [0.25, 0.3) is 10.9 Å². The van der Waals surface area contributed by atoms with Crippen LogP contribution < -0.4 is 10.6 Å². The highest BCUT2D eigenvalue weighted by atomic mass is 16.6. The number of hydrogen-bond acceptors (Lipinski definition) is 6. The average molecular weight is 587 g/mol. The van der Waals surface area contributed by atoms with Gasteiger partial charge in [0.15, 0.2) is 0 Å². The molecule has 1 heterocycles. The molecular formula is C33H38N4O6. The second kappa shape index (κ2) is 12.1. The number of carboxylic acid groups (broad SMARTS) is 1. The van der Waals surface area contributed by atoms with Gasteiger partial charge in [0.1, 0.15) is 17.4 Å². The summed E-state index contributed by atoms with van der Waals surface area (Å²) in [5.41, 5.74) is 1.47. The van der Waals surface area contributed by atoms with Crippen molar-refractivity contribution in [1.29, 1.82) is 0 Å². The van der Waals surface area contributed by atoms with Crippen molar-refractivity contribution in [2.24, 2.45) is 28.8 Å². The molecule has 10 nitrogen and oxygen atoms in total. The first-order valence-corrected chi connectivity index (χ1v) is 15.1. The summed E-state index contributed by atoms with van der Waals surface area (Å²) in [5, 5.41) is 19.8. The molecule has 0 saturated heterocycles. The Balaban J connectivity index is 1.20. The third-order valence-electron chi connectivity index (χ3n) is 9.37. The van der Waals surface area contributed by atoms with E-state index >= 15 is 0 Å². The van der Waals surface area contributed by atoms with Crippen molar-refractivity contribution < 1.29 is 29.1 Å². The maximum atomic E-state index is 13.9. The lowest BCUT2D eigenvalue weighted by atomic mass is 9.55. The van der Waals surface area contributed by atoms with Crippen molar-refractivity contribution in [2.45, 2.75) is 57.1 Å². The van der Waals surface area contributed by atoms with Gasteiger partial charge in [0.2, 0.25) is 12.5 Å². The normalized spacial score (nSPS) is 25.6. The first-order valence-electron chi connectivity index (χ1n) is 15.1. The van der Waals surface area contributed by atoms with E-state index in [1.807, 2.05) is 48.7 Å². The number of para-hydroxylation sites is 1. The van der Waals surface area contributed by atoms with Gasteiger partial charge in [-0.2, -0.15) is 0 Å². The largest absolute Gasteiger partial charge is 0.479 e. The standard InChI is InChI=1S/C33H38N4O6/c1-33(16-25-17-34-27-10-6-5-9-26(25)27,36-32(41)43-30-23-12-20-11-21(14-23)15-24(30)13-20)31(40)35-18-28(37-42-19-29(38)39)22-7-3-2-4-8-22/h2-10,17,20-21,23-24,30,34H,11-16,18-19H2,1H3,(H,35,40)(H,36,41)(H,38,39). The molecule has 0 radical (unpaired) electrons. The number of aliphatic carboxylic acids is 1. The zero-order valence-electron chi connectivity index (χ0n) is 24.3. The van der Waals surface area contributed by atoms with Crippen LogP contribution in [-0.2, 0) is 25.6 Å². The molecule has 0 aliphatic heterocycles. The zero-order valence-corrected chi connectivity index (χ0v) is 24.3. The summed E-state index contributed by atoms with van der Waals surface area (Å²) in [6, 6.07) is 16.9. The molecule has 1 unspecified atom stereocenters. The highest BCUT2D eigenvalue weighted by Crippen LogP contribution is 2.54. The predicted octanol–water partition coefficient (Wildman–Crippen LogP) is 4.64. The highest BCUT2D eigenvalue weighted by Gasteiger charge is 2.50. The Labute approximate surface area is 250 Å². The van der Waals surface area contributed by atoms with Crippen molar-refractivity contribution in [3.8, 4) is 0 Å². The van der Waals surface area contributed by atoms with E-state index in [1.54, 1.807) is 19.1 Å². The Bertz CT molecular complexity index is 1490. The monoisotopic (exact) mass is 586 g/mol. The van der Waals surface area contributed by atoms with E-state index in [2.05, 4.69) is 20.8 Å². The molecule has 10 heteroatoms. The molecular weight excluding hydrogens is 548 g/mol. The highest BCUT2D eigenvalue weighted by molar-refractivity contribution is 6.04. The third kappa shape index (κ3) is 6.38. The van der Waals surface area contributed by atoms with E-state index in [4.69, 9.17) is 14.7 Å². The number of ether oxygens (including phenoxy) is 1. The molecule has 4 aliphatic rings. The first-order chi connectivity index (χ1) is 20.8. The number of aromatic amines is 1. The van der Waals surface area contributed by atoms with E-state index in [-0.39, 0.29) is 19.1 Å². The number of nitrogens with zero attached hydrogens (tertiary/aromatic N) is 1. The number of benzene rings is 2. The third-order valence-corrected chi connectivity index (χ3v) is 9.37. The molecule has 2 amide bonds. The summed E-state index contributed by atoms with van der Waals surface area (Å²) in [6.07, 6.45) is 7.14. The fourth-order valence-corrected chi connectivity index (χ4v) is 7.63. The van der Waals surface area contributed by atoms with Crippen molar-refractivity contribution in [1.82, 2.24) is 15.6 Å². The molecule has 1 aromatic heterocycles. The molecule has 4 fully saturated rings. The maximum Gasteiger partial charge on any atom is 0.408 e. The van der Waals surface area contributed by atoms with E-state index < -0.39 is 30.1 Å². The topological polar surface area (TPSA) is 142 Å². The van der Waals surface area contributed by atoms with Gasteiger partial charge in [0.05, 0.1) is 6.54 Å². The van der Waals surface area contributed by atoms with Gasteiger partial charge in [0, 0.05) is 29.1 Å². The van der Waals surface area contributed by atoms with Gasteiger partial charge < -0.3 is 30.3 Å². The second-order valence-corrected chi connectivity index (χ2v) is 12.5. The SMILES string of the molecule is CC(Cc1c[nH]c2ccccc12)(NC(=O)OC1C2CC3CC(C2)CC1C3)C(=O)NCC(=NOCC(=O)O)c1ccccc1. The molecule has 7 rings (SSSR count). The Morgan fingerprint density at radius 3 is 2.35 bits per heavy atom. The van der Waals surface area contributed by atoms with Gasteiger partial charge >= 0.3 is 12.1 Å². The number of hydrogen-bond donors (Lipinski definition) is 4. The van der Waals surface area contributed by atoms with E-state index in [0.29, 0.717) is 23.1 Å². The molecule has 3 aromatic rings. The van der Waals surface area contributed by atoms with Gasteiger partial charge in [-0.25, -0.2) is 9.59 Å². The number of aromatic nitrogens is 1. The molecule has 43 heavy (non-hydrogen) atoms. The minimum absolute atomic E-state index is 0.0434. The van der Waals surface area contributed by atoms with Gasteiger partial charge in [-0.3, -0.25) is 4.79 Å². The summed E-state index contributed by atoms with van der Waals surface area (Å²) in [5.74, 6) is 0.707. The Kier molecular flexibility index (Phi) is 8.10. The van der Waals surface area contributed by atoms with Crippen molar-refractivity contribution >= 4 is 34.6 Å². The second-order valence-electron chi connectivity index (χ2n) is 12.5. The Hall–Kier alpha value is -4.34. The summed E-state index contributed by atoms with van der Waals surface area (Å²) in [4.78, 5) is 46.6. The predicted molar refractivity (Wildman–Crippen MR) is 160 cm³/mol. The number of fused-ring (bicyclic) bond motifs is 1. The van der Waals surface area contributed by atoms with Crippen molar-refractivity contribution in [3.05, 3.63) is 71.9 Å². The molecule has 4 aliphatic carbocycles. The number of rotatable bonds is 11. The summed E-state index contributed by atoms with van der Waals surface area (Å²) >= 11 is 0. The minimum Gasteiger partial charge on any atom is -0.479 e. The summed E-state index contributed by atoms with van der Waals surface area (Å²) in [6.45, 7) is 1.04. The number of carbonyl (C=O) groups is 3. The van der Waals surface area contributed by atoms with Gasteiger partial charge in [-0.05, 0) is 74.3 Å². The van der Waals surface area contributed by atoms with Crippen molar-refractivity contribution in [3.63, 3.8) is 0 Å². The van der Waals surface area contributed by atoms with Crippen LogP contribution in [0.4, 0.5) is 4.79 Å². The van der Waals surface area contributed by atoms with Crippen LogP contribution in [0.5, 0.6) is 0 Å². The molecule has 226 valence electrons. The summed E-state index contributed by atoms with van der Waals surface area (Å²) < 4.78 is 6.11. The van der Waals surface area contributed by atoms with Crippen LogP contribution >= 0.6 is 0 Å². The Morgan fingerprint density at radius 1 is 0.977 bits per heavy atom. The smallest absolute Gasteiger partial charge is 0.408 e. The lowest BCUT2D eigenvalue weighted by molar-refractivity contribution is -0.142. The van der Waals surface area contributed by atoms with Crippen LogP contribution in [0.15, 0.2) is 65.9 Å². The minimum atomic E-state index is -1.36. The van der Waals surface area contributed by atoms with Gasteiger partial charge in [-0.1, -0.05) is 53.7 Å². The van der Waals surface area contributed by atoms with E-state index in [1.165, 1.54) is 6.42 Å². The van der Waals surface area contributed by atoms with Gasteiger partial charge in [-0.15, -0.1) is 0 Å². The molecule has 1 atom stereocenters. The van der Waals surface area contributed by atoms with Crippen LogP contribution in [0.2, 0.25) is 0 Å².